The Morgan fingerprint density at radius 2 is 1.91 bits per heavy atom. The summed E-state index contributed by atoms with van der Waals surface area (Å²) < 4.78 is 0. The molecule has 0 spiro atoms. The van der Waals surface area contributed by atoms with Crippen LogP contribution in [0.25, 0.3) is 0 Å². The fourth-order valence-electron chi connectivity index (χ4n) is 1.12. The van der Waals surface area contributed by atoms with Crippen LogP contribution in [0.5, 0.6) is 0 Å². The summed E-state index contributed by atoms with van der Waals surface area (Å²) in [7, 11) is 0. The van der Waals surface area contributed by atoms with Gasteiger partial charge in [0.15, 0.2) is 0 Å². The lowest BCUT2D eigenvalue weighted by atomic mass is 9.87. The van der Waals surface area contributed by atoms with E-state index in [4.69, 9.17) is 11.5 Å². The Kier molecular flexibility index (Phi) is 3.52. The van der Waals surface area contributed by atoms with Gasteiger partial charge in [-0.1, -0.05) is 20.8 Å². The number of hydrogen-bond acceptors (Lipinski definition) is 2. The van der Waals surface area contributed by atoms with Gasteiger partial charge in [0.2, 0.25) is 5.91 Å². The van der Waals surface area contributed by atoms with E-state index >= 15 is 0 Å². The molecule has 0 saturated heterocycles. The molecule has 0 bridgehead atoms. The SMILES string of the molecule is CC(C)(C)C[C@H](N)CC(N)=O. The minimum absolute atomic E-state index is 0.0903. The molecule has 3 nitrogen and oxygen atoms in total. The number of amides is 1. The molecule has 0 saturated carbocycles. The molecular formula is C8H18N2O. The van der Waals surface area contributed by atoms with Crippen molar-refractivity contribution in [2.75, 3.05) is 0 Å². The maximum Gasteiger partial charge on any atom is 0.218 e. The number of primary amides is 1. The van der Waals surface area contributed by atoms with Gasteiger partial charge in [-0.15, -0.1) is 0 Å². The van der Waals surface area contributed by atoms with Crippen LogP contribution in [0, 0.1) is 5.41 Å². The molecule has 0 aliphatic rings. The summed E-state index contributed by atoms with van der Waals surface area (Å²) in [5.41, 5.74) is 10.8. The summed E-state index contributed by atoms with van der Waals surface area (Å²) in [6.07, 6.45) is 1.12. The summed E-state index contributed by atoms with van der Waals surface area (Å²) in [6, 6.07) is -0.0903. The van der Waals surface area contributed by atoms with Gasteiger partial charge in [-0.2, -0.15) is 0 Å². The highest BCUT2D eigenvalue weighted by atomic mass is 16.1. The minimum atomic E-state index is -0.318. The zero-order valence-electron chi connectivity index (χ0n) is 7.55. The van der Waals surface area contributed by atoms with Gasteiger partial charge in [-0.25, -0.2) is 0 Å². The molecule has 0 aromatic heterocycles. The molecule has 0 aromatic carbocycles. The van der Waals surface area contributed by atoms with Crippen LogP contribution in [0.15, 0.2) is 0 Å². The standard InChI is InChI=1S/C8H18N2O/c1-8(2,3)5-6(9)4-7(10)11/h6H,4-5,9H2,1-3H3,(H2,10,11)/t6-/m1/s1. The molecule has 0 radical (unpaired) electrons. The van der Waals surface area contributed by atoms with Crippen molar-refractivity contribution in [2.45, 2.75) is 39.7 Å². The van der Waals surface area contributed by atoms with Gasteiger partial charge < -0.3 is 11.5 Å². The highest BCUT2D eigenvalue weighted by Crippen LogP contribution is 2.20. The molecule has 0 unspecified atom stereocenters. The zero-order valence-corrected chi connectivity index (χ0v) is 7.55. The van der Waals surface area contributed by atoms with E-state index in [0.717, 1.165) is 6.42 Å². The molecule has 0 aliphatic carbocycles. The lowest BCUT2D eigenvalue weighted by Gasteiger charge is -2.21. The second-order valence-corrected chi connectivity index (χ2v) is 4.20. The van der Waals surface area contributed by atoms with Crippen LogP contribution in [0.2, 0.25) is 0 Å². The lowest BCUT2D eigenvalue weighted by molar-refractivity contribution is -0.118. The van der Waals surface area contributed by atoms with Crippen LogP contribution < -0.4 is 11.5 Å². The number of nitrogens with two attached hydrogens (primary N) is 2. The van der Waals surface area contributed by atoms with Gasteiger partial charge in [-0.3, -0.25) is 4.79 Å². The number of hydrogen-bond donors (Lipinski definition) is 2. The normalized spacial score (nSPS) is 14.5. The van der Waals surface area contributed by atoms with Gasteiger partial charge in [0, 0.05) is 12.5 Å². The van der Waals surface area contributed by atoms with E-state index in [1.807, 2.05) is 0 Å². The van der Waals surface area contributed by atoms with Crippen LogP contribution in [-0.2, 0) is 4.79 Å². The van der Waals surface area contributed by atoms with Gasteiger partial charge in [0.1, 0.15) is 0 Å². The molecule has 0 rings (SSSR count). The Balaban J connectivity index is 3.69. The Labute approximate surface area is 68.1 Å². The largest absolute Gasteiger partial charge is 0.370 e. The fraction of sp³-hybridized carbons (Fsp3) is 0.875. The second kappa shape index (κ2) is 3.72. The summed E-state index contributed by atoms with van der Waals surface area (Å²) in [5.74, 6) is -0.318. The Bertz CT molecular complexity index is 138. The van der Waals surface area contributed by atoms with Gasteiger partial charge in [0.05, 0.1) is 0 Å². The van der Waals surface area contributed by atoms with E-state index < -0.39 is 0 Å². The number of carbonyl (C=O) groups excluding carboxylic acids is 1. The maximum absolute atomic E-state index is 10.4. The van der Waals surface area contributed by atoms with E-state index in [0.29, 0.717) is 0 Å². The zero-order chi connectivity index (χ0) is 9.07. The second-order valence-electron chi connectivity index (χ2n) is 4.20. The predicted octanol–water partition coefficient (Wildman–Crippen LogP) is 0.625. The third kappa shape index (κ3) is 7.33. The first kappa shape index (κ1) is 10.4. The van der Waals surface area contributed by atoms with Crippen molar-refractivity contribution < 1.29 is 4.79 Å². The molecule has 0 aromatic rings. The van der Waals surface area contributed by atoms with Crippen molar-refractivity contribution in [1.29, 1.82) is 0 Å². The lowest BCUT2D eigenvalue weighted by Crippen LogP contribution is -2.31. The third-order valence-electron chi connectivity index (χ3n) is 1.34. The summed E-state index contributed by atoms with van der Waals surface area (Å²) >= 11 is 0. The monoisotopic (exact) mass is 158 g/mol. The molecule has 11 heavy (non-hydrogen) atoms. The van der Waals surface area contributed by atoms with E-state index in [-0.39, 0.29) is 23.8 Å². The fourth-order valence-corrected chi connectivity index (χ4v) is 1.12. The first-order valence-electron chi connectivity index (χ1n) is 3.85. The Morgan fingerprint density at radius 1 is 1.45 bits per heavy atom. The smallest absolute Gasteiger partial charge is 0.218 e. The third-order valence-corrected chi connectivity index (χ3v) is 1.34. The van der Waals surface area contributed by atoms with Crippen LogP contribution in [0.3, 0.4) is 0 Å². The van der Waals surface area contributed by atoms with Gasteiger partial charge in [-0.05, 0) is 11.8 Å². The molecular weight excluding hydrogens is 140 g/mol. The average molecular weight is 158 g/mol. The van der Waals surface area contributed by atoms with Gasteiger partial charge >= 0.3 is 0 Å². The average Bonchev–Trinajstić information content (AvgIpc) is 1.53. The van der Waals surface area contributed by atoms with Crippen molar-refractivity contribution >= 4 is 5.91 Å². The Hall–Kier alpha value is -0.570. The van der Waals surface area contributed by atoms with Crippen LogP contribution >= 0.6 is 0 Å². The topological polar surface area (TPSA) is 69.1 Å². The summed E-state index contributed by atoms with van der Waals surface area (Å²) in [6.45, 7) is 6.27. The molecule has 4 N–H and O–H groups in total. The van der Waals surface area contributed by atoms with Crippen molar-refractivity contribution in [1.82, 2.24) is 0 Å². The molecule has 1 amide bonds. The van der Waals surface area contributed by atoms with E-state index in [2.05, 4.69) is 20.8 Å². The first-order chi connectivity index (χ1) is 4.81. The van der Waals surface area contributed by atoms with Crippen LogP contribution in [0.4, 0.5) is 0 Å². The molecule has 3 heteroatoms. The molecule has 66 valence electrons. The first-order valence-corrected chi connectivity index (χ1v) is 3.85. The highest BCUT2D eigenvalue weighted by molar-refractivity contribution is 5.74. The van der Waals surface area contributed by atoms with E-state index in [1.54, 1.807) is 0 Å². The molecule has 1 atom stereocenters. The summed E-state index contributed by atoms with van der Waals surface area (Å²) in [5, 5.41) is 0. The Morgan fingerprint density at radius 3 is 2.18 bits per heavy atom. The van der Waals surface area contributed by atoms with Crippen molar-refractivity contribution in [2.24, 2.45) is 16.9 Å². The number of rotatable bonds is 3. The minimum Gasteiger partial charge on any atom is -0.370 e. The maximum atomic E-state index is 10.4. The molecule has 0 aliphatic heterocycles. The predicted molar refractivity (Wildman–Crippen MR) is 45.9 cm³/mol. The number of carbonyl (C=O) groups is 1. The van der Waals surface area contributed by atoms with Crippen molar-refractivity contribution in [3.05, 3.63) is 0 Å². The summed E-state index contributed by atoms with van der Waals surface area (Å²) in [4.78, 5) is 10.4. The van der Waals surface area contributed by atoms with Crippen molar-refractivity contribution in [3.63, 3.8) is 0 Å². The van der Waals surface area contributed by atoms with E-state index in [9.17, 15) is 4.79 Å². The highest BCUT2D eigenvalue weighted by Gasteiger charge is 2.16. The van der Waals surface area contributed by atoms with E-state index in [1.165, 1.54) is 0 Å². The molecule has 0 fully saturated rings. The molecule has 0 heterocycles. The van der Waals surface area contributed by atoms with Crippen LogP contribution in [0.1, 0.15) is 33.6 Å². The van der Waals surface area contributed by atoms with Crippen molar-refractivity contribution in [3.8, 4) is 0 Å². The van der Waals surface area contributed by atoms with Crippen LogP contribution in [-0.4, -0.2) is 11.9 Å². The van der Waals surface area contributed by atoms with Gasteiger partial charge in [0.25, 0.3) is 0 Å². The quantitative estimate of drug-likeness (QED) is 0.632.